The first-order valence-corrected chi connectivity index (χ1v) is 7.07. The molecule has 1 aromatic rings. The summed E-state index contributed by atoms with van der Waals surface area (Å²) in [5.41, 5.74) is 8.88. The summed E-state index contributed by atoms with van der Waals surface area (Å²) >= 11 is 0. The van der Waals surface area contributed by atoms with E-state index < -0.39 is 11.9 Å². The van der Waals surface area contributed by atoms with Crippen molar-refractivity contribution in [2.45, 2.75) is 38.8 Å². The van der Waals surface area contributed by atoms with Crippen LogP contribution in [0.4, 0.5) is 5.69 Å². The van der Waals surface area contributed by atoms with E-state index >= 15 is 0 Å². The third-order valence-electron chi connectivity index (χ3n) is 4.12. The molecule has 1 saturated heterocycles. The smallest absolute Gasteiger partial charge is 0.257 e. The summed E-state index contributed by atoms with van der Waals surface area (Å²) in [7, 11) is 0. The van der Waals surface area contributed by atoms with Gasteiger partial charge in [-0.25, -0.2) is 0 Å². The van der Waals surface area contributed by atoms with E-state index in [1.807, 2.05) is 19.1 Å². The Bertz CT molecular complexity index is 654. The molecular weight excluding hydrogens is 270 g/mol. The van der Waals surface area contributed by atoms with Gasteiger partial charge in [-0.1, -0.05) is 13.0 Å². The summed E-state index contributed by atoms with van der Waals surface area (Å²) in [5.74, 6) is -0.908. The lowest BCUT2D eigenvalue weighted by Gasteiger charge is -2.29. The maximum atomic E-state index is 12.5. The molecule has 110 valence electrons. The fourth-order valence-corrected chi connectivity index (χ4v) is 3.01. The van der Waals surface area contributed by atoms with Crippen LogP contribution in [-0.4, -0.2) is 28.7 Å². The third-order valence-corrected chi connectivity index (χ3v) is 4.12. The van der Waals surface area contributed by atoms with Crippen molar-refractivity contribution in [2.24, 2.45) is 0 Å². The fourth-order valence-electron chi connectivity index (χ4n) is 3.01. The number of anilines is 1. The monoisotopic (exact) mass is 287 g/mol. The van der Waals surface area contributed by atoms with Crippen LogP contribution in [0.2, 0.25) is 0 Å². The molecule has 1 fully saturated rings. The lowest BCUT2D eigenvalue weighted by Crippen LogP contribution is -2.52. The highest BCUT2D eigenvalue weighted by Crippen LogP contribution is 2.32. The van der Waals surface area contributed by atoms with Gasteiger partial charge >= 0.3 is 0 Å². The minimum Gasteiger partial charge on any atom is -0.398 e. The molecule has 3 amide bonds. The van der Waals surface area contributed by atoms with E-state index in [2.05, 4.69) is 5.32 Å². The van der Waals surface area contributed by atoms with Crippen LogP contribution in [0.5, 0.6) is 0 Å². The molecule has 2 aliphatic heterocycles. The van der Waals surface area contributed by atoms with Crippen LogP contribution in [0.15, 0.2) is 12.1 Å². The molecule has 0 saturated carbocycles. The second kappa shape index (κ2) is 4.87. The summed E-state index contributed by atoms with van der Waals surface area (Å²) in [4.78, 5) is 37.2. The van der Waals surface area contributed by atoms with Crippen molar-refractivity contribution in [2.75, 3.05) is 5.73 Å². The fraction of sp³-hybridized carbons (Fsp3) is 0.400. The van der Waals surface area contributed by atoms with Gasteiger partial charge in [0, 0.05) is 18.7 Å². The number of nitrogens with two attached hydrogens (primary N) is 1. The number of carbonyl (C=O) groups excluding carboxylic acids is 3. The number of piperidine rings is 1. The average molecular weight is 287 g/mol. The lowest BCUT2D eigenvalue weighted by molar-refractivity contribution is -0.136. The maximum Gasteiger partial charge on any atom is 0.257 e. The number of benzene rings is 1. The van der Waals surface area contributed by atoms with Crippen molar-refractivity contribution in [1.29, 1.82) is 0 Å². The van der Waals surface area contributed by atoms with E-state index in [1.165, 1.54) is 4.90 Å². The molecule has 1 aromatic carbocycles. The van der Waals surface area contributed by atoms with Crippen LogP contribution in [-0.2, 0) is 22.6 Å². The number of imide groups is 1. The Balaban J connectivity index is 1.92. The Kier molecular flexibility index (Phi) is 3.16. The number of carbonyl (C=O) groups is 3. The van der Waals surface area contributed by atoms with Crippen LogP contribution >= 0.6 is 0 Å². The van der Waals surface area contributed by atoms with Gasteiger partial charge in [0.15, 0.2) is 0 Å². The molecule has 3 rings (SSSR count). The molecule has 6 heteroatoms. The zero-order valence-corrected chi connectivity index (χ0v) is 11.8. The van der Waals surface area contributed by atoms with Crippen LogP contribution < -0.4 is 11.1 Å². The van der Waals surface area contributed by atoms with Gasteiger partial charge in [-0.3, -0.25) is 19.7 Å². The number of nitrogen functional groups attached to an aromatic ring is 1. The van der Waals surface area contributed by atoms with Crippen LogP contribution in [0, 0.1) is 0 Å². The highest BCUT2D eigenvalue weighted by Gasteiger charge is 2.39. The van der Waals surface area contributed by atoms with Gasteiger partial charge < -0.3 is 10.6 Å². The minimum atomic E-state index is -0.591. The van der Waals surface area contributed by atoms with Crippen molar-refractivity contribution in [3.63, 3.8) is 0 Å². The summed E-state index contributed by atoms with van der Waals surface area (Å²) in [6.07, 6.45) is 1.46. The molecule has 21 heavy (non-hydrogen) atoms. The van der Waals surface area contributed by atoms with Crippen molar-refractivity contribution < 1.29 is 14.4 Å². The zero-order chi connectivity index (χ0) is 15.1. The van der Waals surface area contributed by atoms with Crippen molar-refractivity contribution >= 4 is 23.4 Å². The van der Waals surface area contributed by atoms with Gasteiger partial charge in [-0.05, 0) is 30.0 Å². The molecule has 2 aliphatic rings. The quantitative estimate of drug-likeness (QED) is 0.615. The van der Waals surface area contributed by atoms with Gasteiger partial charge in [0.25, 0.3) is 5.91 Å². The Morgan fingerprint density at radius 3 is 2.76 bits per heavy atom. The summed E-state index contributed by atoms with van der Waals surface area (Å²) in [6.45, 7) is 2.40. The predicted molar refractivity (Wildman–Crippen MR) is 76.3 cm³/mol. The molecule has 0 aliphatic carbocycles. The van der Waals surface area contributed by atoms with Crippen LogP contribution in [0.1, 0.15) is 41.3 Å². The molecule has 0 aromatic heterocycles. The summed E-state index contributed by atoms with van der Waals surface area (Å²) in [6, 6.07) is 3.19. The molecule has 6 nitrogen and oxygen atoms in total. The number of amides is 3. The van der Waals surface area contributed by atoms with E-state index in [0.717, 1.165) is 17.5 Å². The van der Waals surface area contributed by atoms with E-state index in [-0.39, 0.29) is 18.2 Å². The Morgan fingerprint density at radius 2 is 2.10 bits per heavy atom. The first-order chi connectivity index (χ1) is 10.0. The second-order valence-corrected chi connectivity index (χ2v) is 5.47. The Hall–Kier alpha value is -2.37. The molecule has 0 radical (unpaired) electrons. The molecule has 1 unspecified atom stereocenters. The summed E-state index contributed by atoms with van der Waals surface area (Å²) in [5, 5.41) is 2.29. The van der Waals surface area contributed by atoms with Crippen molar-refractivity contribution in [3.05, 3.63) is 28.8 Å². The van der Waals surface area contributed by atoms with E-state index in [0.29, 0.717) is 24.2 Å². The molecular formula is C15H17N3O3. The van der Waals surface area contributed by atoms with E-state index in [4.69, 9.17) is 5.73 Å². The maximum absolute atomic E-state index is 12.5. The van der Waals surface area contributed by atoms with Gasteiger partial charge in [0.05, 0.1) is 5.56 Å². The predicted octanol–water partition coefficient (Wildman–Crippen LogP) is 0.592. The number of nitrogens with zero attached hydrogens (tertiary/aromatic N) is 1. The normalized spacial score (nSPS) is 21.5. The SMILES string of the molecule is CCc1cc(N)c2c(c1)CN(C1CCC(=O)NC1=O)C2=O. The first kappa shape index (κ1) is 13.6. The molecule has 1 atom stereocenters. The number of fused-ring (bicyclic) bond motifs is 1. The minimum absolute atomic E-state index is 0.223. The van der Waals surface area contributed by atoms with Crippen LogP contribution in [0.3, 0.4) is 0 Å². The second-order valence-electron chi connectivity index (χ2n) is 5.47. The number of rotatable bonds is 2. The van der Waals surface area contributed by atoms with Gasteiger partial charge in [0.2, 0.25) is 11.8 Å². The van der Waals surface area contributed by atoms with E-state index in [1.54, 1.807) is 0 Å². The highest BCUT2D eigenvalue weighted by atomic mass is 16.2. The van der Waals surface area contributed by atoms with Gasteiger partial charge in [0.1, 0.15) is 6.04 Å². The van der Waals surface area contributed by atoms with Crippen molar-refractivity contribution in [1.82, 2.24) is 10.2 Å². The first-order valence-electron chi connectivity index (χ1n) is 7.07. The van der Waals surface area contributed by atoms with Gasteiger partial charge in [-0.2, -0.15) is 0 Å². The average Bonchev–Trinajstić information content (AvgIpc) is 2.76. The summed E-state index contributed by atoms with van der Waals surface area (Å²) < 4.78 is 0. The number of hydrogen-bond donors (Lipinski definition) is 2. The lowest BCUT2D eigenvalue weighted by atomic mass is 10.0. The Morgan fingerprint density at radius 1 is 1.33 bits per heavy atom. The Labute approximate surface area is 122 Å². The van der Waals surface area contributed by atoms with Crippen LogP contribution in [0.25, 0.3) is 0 Å². The van der Waals surface area contributed by atoms with Gasteiger partial charge in [-0.15, -0.1) is 0 Å². The highest BCUT2D eigenvalue weighted by molar-refractivity contribution is 6.07. The molecule has 0 spiro atoms. The molecule has 2 heterocycles. The molecule has 3 N–H and O–H groups in total. The number of aryl methyl sites for hydroxylation is 1. The number of nitrogens with one attached hydrogen (secondary N) is 1. The largest absolute Gasteiger partial charge is 0.398 e. The molecule has 0 bridgehead atoms. The third kappa shape index (κ3) is 2.16. The standard InChI is InChI=1S/C15H17N3O3/c1-2-8-5-9-7-18(15(21)13(9)10(16)6-8)11-3-4-12(19)17-14(11)20/h5-6,11H,2-4,7,16H2,1H3,(H,17,19,20). The zero-order valence-electron chi connectivity index (χ0n) is 11.8. The van der Waals surface area contributed by atoms with E-state index in [9.17, 15) is 14.4 Å². The van der Waals surface area contributed by atoms with Crippen molar-refractivity contribution in [3.8, 4) is 0 Å². The topological polar surface area (TPSA) is 92.5 Å². The number of hydrogen-bond acceptors (Lipinski definition) is 4.